The summed E-state index contributed by atoms with van der Waals surface area (Å²) >= 11 is 0. The Balaban J connectivity index is 2.84. The number of pyridine rings is 1. The van der Waals surface area contributed by atoms with E-state index in [1.165, 1.54) is 0 Å². The van der Waals surface area contributed by atoms with Crippen molar-refractivity contribution in [3.8, 4) is 5.75 Å². The minimum atomic E-state index is 0.293. The van der Waals surface area contributed by atoms with Crippen LogP contribution < -0.4 is 10.1 Å². The lowest BCUT2D eigenvalue weighted by Crippen LogP contribution is -2.17. The molecule has 3 nitrogen and oxygen atoms in total. The van der Waals surface area contributed by atoms with Gasteiger partial charge in [-0.25, -0.2) is 0 Å². The van der Waals surface area contributed by atoms with Gasteiger partial charge in [0.15, 0.2) is 0 Å². The van der Waals surface area contributed by atoms with E-state index in [1.807, 2.05) is 19.2 Å². The molecule has 82 valence electrons. The second kappa shape index (κ2) is 6.19. The van der Waals surface area contributed by atoms with E-state index >= 15 is 0 Å². The number of nitrogens with zero attached hydrogens (tertiary/aromatic N) is 1. The number of rotatable bonds is 6. The molecule has 0 aliphatic carbocycles. The fourth-order valence-electron chi connectivity index (χ4n) is 1.59. The van der Waals surface area contributed by atoms with Crippen LogP contribution in [0.1, 0.15) is 24.4 Å². The summed E-state index contributed by atoms with van der Waals surface area (Å²) in [6.45, 7) is 3.73. The van der Waals surface area contributed by atoms with Crippen LogP contribution in [-0.4, -0.2) is 19.1 Å². The first-order valence-electron chi connectivity index (χ1n) is 5.09. The van der Waals surface area contributed by atoms with Gasteiger partial charge in [-0.15, -0.1) is 6.58 Å². The van der Waals surface area contributed by atoms with Crippen LogP contribution in [0.5, 0.6) is 5.75 Å². The summed E-state index contributed by atoms with van der Waals surface area (Å²) < 4.78 is 5.28. The van der Waals surface area contributed by atoms with Crippen LogP contribution in [0.4, 0.5) is 0 Å². The van der Waals surface area contributed by atoms with E-state index < -0.39 is 0 Å². The van der Waals surface area contributed by atoms with Crippen molar-refractivity contribution in [2.75, 3.05) is 14.2 Å². The molecule has 1 rings (SSSR count). The molecule has 0 saturated heterocycles. The summed E-state index contributed by atoms with van der Waals surface area (Å²) in [6, 6.07) is 2.28. The van der Waals surface area contributed by atoms with Crippen molar-refractivity contribution in [1.82, 2.24) is 10.3 Å². The van der Waals surface area contributed by atoms with Crippen LogP contribution in [0.3, 0.4) is 0 Å². The van der Waals surface area contributed by atoms with E-state index in [2.05, 4.69) is 16.9 Å². The topological polar surface area (TPSA) is 34.2 Å². The second-order valence-corrected chi connectivity index (χ2v) is 3.32. The second-order valence-electron chi connectivity index (χ2n) is 3.32. The van der Waals surface area contributed by atoms with Crippen molar-refractivity contribution in [3.63, 3.8) is 0 Å². The molecule has 0 aliphatic rings. The molecule has 1 atom stereocenters. The molecule has 15 heavy (non-hydrogen) atoms. The van der Waals surface area contributed by atoms with Gasteiger partial charge < -0.3 is 10.1 Å². The first-order valence-corrected chi connectivity index (χ1v) is 5.09. The first kappa shape index (κ1) is 11.7. The van der Waals surface area contributed by atoms with Crippen LogP contribution >= 0.6 is 0 Å². The van der Waals surface area contributed by atoms with Crippen LogP contribution in [0.25, 0.3) is 0 Å². The lowest BCUT2D eigenvalue weighted by atomic mass is 10.0. The van der Waals surface area contributed by atoms with Gasteiger partial charge in [0, 0.05) is 17.8 Å². The molecule has 1 heterocycles. The maximum absolute atomic E-state index is 5.28. The molecule has 0 fully saturated rings. The molecule has 1 aromatic rings. The molecule has 0 aromatic carbocycles. The number of hydrogen-bond acceptors (Lipinski definition) is 3. The Kier molecular flexibility index (Phi) is 4.84. The maximum atomic E-state index is 5.28. The van der Waals surface area contributed by atoms with E-state index in [9.17, 15) is 0 Å². The monoisotopic (exact) mass is 206 g/mol. The largest absolute Gasteiger partial charge is 0.495 e. The normalized spacial score (nSPS) is 12.1. The Morgan fingerprint density at radius 1 is 1.67 bits per heavy atom. The molecule has 0 spiro atoms. The van der Waals surface area contributed by atoms with E-state index in [0.717, 1.165) is 24.2 Å². The number of hydrogen-bond donors (Lipinski definition) is 1. The molecular formula is C12H18N2O. The third kappa shape index (κ3) is 3.06. The fraction of sp³-hybridized carbons (Fsp3) is 0.417. The minimum Gasteiger partial charge on any atom is -0.495 e. The number of ether oxygens (including phenoxy) is 1. The van der Waals surface area contributed by atoms with Gasteiger partial charge in [-0.1, -0.05) is 6.08 Å². The summed E-state index contributed by atoms with van der Waals surface area (Å²) in [7, 11) is 3.62. The van der Waals surface area contributed by atoms with Gasteiger partial charge in [0.2, 0.25) is 0 Å². The zero-order valence-corrected chi connectivity index (χ0v) is 9.36. The molecule has 1 unspecified atom stereocenters. The molecule has 0 saturated carbocycles. The Morgan fingerprint density at radius 2 is 2.47 bits per heavy atom. The molecule has 0 amide bonds. The van der Waals surface area contributed by atoms with Gasteiger partial charge in [-0.05, 0) is 26.0 Å². The average Bonchev–Trinajstić information content (AvgIpc) is 2.30. The third-order valence-electron chi connectivity index (χ3n) is 2.42. The lowest BCUT2D eigenvalue weighted by Gasteiger charge is -2.18. The highest BCUT2D eigenvalue weighted by molar-refractivity contribution is 5.32. The highest BCUT2D eigenvalue weighted by Crippen LogP contribution is 2.26. The van der Waals surface area contributed by atoms with Gasteiger partial charge in [-0.2, -0.15) is 0 Å². The third-order valence-corrected chi connectivity index (χ3v) is 2.42. The Hall–Kier alpha value is -1.35. The van der Waals surface area contributed by atoms with Crippen molar-refractivity contribution in [1.29, 1.82) is 0 Å². The van der Waals surface area contributed by atoms with Gasteiger partial charge in [0.05, 0.1) is 13.3 Å². The molecule has 0 radical (unpaired) electrons. The first-order chi connectivity index (χ1) is 7.33. The molecule has 1 N–H and O–H groups in total. The standard InChI is InChI=1S/C12H18N2O/c1-4-5-6-11(13-2)10-7-8-14-9-12(10)15-3/h4,7-9,11,13H,1,5-6H2,2-3H3. The van der Waals surface area contributed by atoms with Crippen molar-refractivity contribution in [3.05, 3.63) is 36.7 Å². The van der Waals surface area contributed by atoms with E-state index in [-0.39, 0.29) is 0 Å². The molecular weight excluding hydrogens is 188 g/mol. The van der Waals surface area contributed by atoms with Gasteiger partial charge in [0.1, 0.15) is 5.75 Å². The Bertz CT molecular complexity index is 312. The van der Waals surface area contributed by atoms with Crippen LogP contribution in [0.2, 0.25) is 0 Å². The zero-order chi connectivity index (χ0) is 11.1. The molecule has 0 bridgehead atoms. The quantitative estimate of drug-likeness (QED) is 0.725. The van der Waals surface area contributed by atoms with E-state index in [4.69, 9.17) is 4.74 Å². The summed E-state index contributed by atoms with van der Waals surface area (Å²) in [5.41, 5.74) is 1.15. The Morgan fingerprint density at radius 3 is 3.07 bits per heavy atom. The van der Waals surface area contributed by atoms with Crippen molar-refractivity contribution >= 4 is 0 Å². The molecule has 0 aliphatic heterocycles. The van der Waals surface area contributed by atoms with Crippen molar-refractivity contribution in [2.45, 2.75) is 18.9 Å². The minimum absolute atomic E-state index is 0.293. The van der Waals surface area contributed by atoms with Crippen LogP contribution in [0, 0.1) is 0 Å². The van der Waals surface area contributed by atoms with Crippen LogP contribution in [-0.2, 0) is 0 Å². The SMILES string of the molecule is C=CCCC(NC)c1ccncc1OC. The molecule has 1 aromatic heterocycles. The smallest absolute Gasteiger partial charge is 0.141 e. The van der Waals surface area contributed by atoms with Crippen LogP contribution in [0.15, 0.2) is 31.1 Å². The summed E-state index contributed by atoms with van der Waals surface area (Å²) in [6.07, 6.45) is 7.46. The highest BCUT2D eigenvalue weighted by atomic mass is 16.5. The van der Waals surface area contributed by atoms with Crippen molar-refractivity contribution in [2.24, 2.45) is 0 Å². The van der Waals surface area contributed by atoms with Gasteiger partial charge in [0.25, 0.3) is 0 Å². The van der Waals surface area contributed by atoms with E-state index in [0.29, 0.717) is 6.04 Å². The van der Waals surface area contributed by atoms with Crippen molar-refractivity contribution < 1.29 is 4.74 Å². The maximum Gasteiger partial charge on any atom is 0.141 e. The summed E-state index contributed by atoms with van der Waals surface area (Å²) in [5.74, 6) is 0.834. The number of nitrogens with one attached hydrogen (secondary N) is 1. The number of methoxy groups -OCH3 is 1. The summed E-state index contributed by atoms with van der Waals surface area (Å²) in [4.78, 5) is 4.04. The predicted molar refractivity (Wildman–Crippen MR) is 62.0 cm³/mol. The number of aromatic nitrogens is 1. The van der Waals surface area contributed by atoms with E-state index in [1.54, 1.807) is 19.5 Å². The fourth-order valence-corrected chi connectivity index (χ4v) is 1.59. The zero-order valence-electron chi connectivity index (χ0n) is 9.36. The highest BCUT2D eigenvalue weighted by Gasteiger charge is 2.12. The van der Waals surface area contributed by atoms with Gasteiger partial charge in [-0.3, -0.25) is 4.98 Å². The van der Waals surface area contributed by atoms with Gasteiger partial charge >= 0.3 is 0 Å². The number of allylic oxidation sites excluding steroid dienone is 1. The summed E-state index contributed by atoms with van der Waals surface area (Å²) in [5, 5.41) is 3.27. The Labute approximate surface area is 91.2 Å². The lowest BCUT2D eigenvalue weighted by molar-refractivity contribution is 0.397. The average molecular weight is 206 g/mol. The predicted octanol–water partition coefficient (Wildman–Crippen LogP) is 2.32. The molecule has 3 heteroatoms.